The SMILES string of the molecule is CC(C)N(Cc1nc(Cc2ccccc2Cl)no1)C[C@H]1CCC(=O)N1. The molecule has 1 atom stereocenters. The smallest absolute Gasteiger partial charge is 0.240 e. The fraction of sp³-hybridized carbons (Fsp3) is 0.500. The fourth-order valence-corrected chi connectivity index (χ4v) is 3.17. The summed E-state index contributed by atoms with van der Waals surface area (Å²) >= 11 is 6.18. The Hall–Kier alpha value is -1.92. The largest absolute Gasteiger partial charge is 0.352 e. The third kappa shape index (κ3) is 4.80. The maximum atomic E-state index is 11.4. The van der Waals surface area contributed by atoms with E-state index in [1.165, 1.54) is 0 Å². The van der Waals surface area contributed by atoms with Crippen molar-refractivity contribution in [1.82, 2.24) is 20.4 Å². The number of amides is 1. The van der Waals surface area contributed by atoms with E-state index in [0.717, 1.165) is 18.5 Å². The van der Waals surface area contributed by atoms with E-state index in [1.807, 2.05) is 24.3 Å². The van der Waals surface area contributed by atoms with Crippen molar-refractivity contribution < 1.29 is 9.32 Å². The van der Waals surface area contributed by atoms with Crippen LogP contribution >= 0.6 is 11.6 Å². The summed E-state index contributed by atoms with van der Waals surface area (Å²) in [5.41, 5.74) is 0.978. The second-order valence-corrected chi connectivity index (χ2v) is 7.11. The number of nitrogens with zero attached hydrogens (tertiary/aromatic N) is 3. The molecular weight excluding hydrogens is 340 g/mol. The average Bonchev–Trinajstić information content (AvgIpc) is 3.18. The molecule has 1 aromatic heterocycles. The third-order valence-electron chi connectivity index (χ3n) is 4.43. The van der Waals surface area contributed by atoms with Gasteiger partial charge in [0.05, 0.1) is 6.54 Å². The van der Waals surface area contributed by atoms with Crippen LogP contribution in [0, 0.1) is 0 Å². The van der Waals surface area contributed by atoms with Gasteiger partial charge in [0.2, 0.25) is 11.8 Å². The lowest BCUT2D eigenvalue weighted by atomic mass is 10.1. The molecule has 0 aliphatic carbocycles. The van der Waals surface area contributed by atoms with Gasteiger partial charge in [-0.15, -0.1) is 0 Å². The van der Waals surface area contributed by atoms with Gasteiger partial charge >= 0.3 is 0 Å². The lowest BCUT2D eigenvalue weighted by Crippen LogP contribution is -2.41. The Balaban J connectivity index is 1.62. The van der Waals surface area contributed by atoms with Gasteiger partial charge in [0, 0.05) is 36.5 Å². The van der Waals surface area contributed by atoms with Gasteiger partial charge in [-0.2, -0.15) is 4.98 Å². The molecule has 1 amide bonds. The van der Waals surface area contributed by atoms with Crippen LogP contribution in [0.3, 0.4) is 0 Å². The summed E-state index contributed by atoms with van der Waals surface area (Å²) in [7, 11) is 0. The van der Waals surface area contributed by atoms with Crippen molar-refractivity contribution in [3.63, 3.8) is 0 Å². The second-order valence-electron chi connectivity index (χ2n) is 6.70. The van der Waals surface area contributed by atoms with Gasteiger partial charge < -0.3 is 9.84 Å². The van der Waals surface area contributed by atoms with E-state index in [0.29, 0.717) is 42.2 Å². The highest BCUT2D eigenvalue weighted by molar-refractivity contribution is 6.31. The van der Waals surface area contributed by atoms with Gasteiger partial charge in [-0.3, -0.25) is 9.69 Å². The molecule has 1 aromatic carbocycles. The van der Waals surface area contributed by atoms with Crippen molar-refractivity contribution in [1.29, 1.82) is 0 Å². The zero-order valence-corrected chi connectivity index (χ0v) is 15.3. The van der Waals surface area contributed by atoms with Gasteiger partial charge in [-0.1, -0.05) is 35.0 Å². The number of halogens is 1. The molecular formula is C18H23ClN4O2. The predicted molar refractivity (Wildman–Crippen MR) is 95.3 cm³/mol. The van der Waals surface area contributed by atoms with Crippen LogP contribution in [-0.2, 0) is 17.8 Å². The second kappa shape index (κ2) is 7.97. The van der Waals surface area contributed by atoms with Crippen molar-refractivity contribution in [2.75, 3.05) is 6.54 Å². The van der Waals surface area contributed by atoms with E-state index < -0.39 is 0 Å². The lowest BCUT2D eigenvalue weighted by Gasteiger charge is -2.27. The van der Waals surface area contributed by atoms with Crippen LogP contribution in [0.15, 0.2) is 28.8 Å². The van der Waals surface area contributed by atoms with Gasteiger partial charge in [-0.25, -0.2) is 0 Å². The van der Waals surface area contributed by atoms with Crippen LogP contribution in [0.5, 0.6) is 0 Å². The molecule has 3 rings (SSSR count). The Labute approximate surface area is 152 Å². The Morgan fingerprint density at radius 1 is 1.40 bits per heavy atom. The fourth-order valence-electron chi connectivity index (χ4n) is 2.97. The van der Waals surface area contributed by atoms with Crippen molar-refractivity contribution in [2.24, 2.45) is 0 Å². The monoisotopic (exact) mass is 362 g/mol. The normalized spacial score (nSPS) is 17.5. The van der Waals surface area contributed by atoms with Crippen LogP contribution in [0.25, 0.3) is 0 Å². The van der Waals surface area contributed by atoms with Gasteiger partial charge in [0.25, 0.3) is 0 Å². The molecule has 1 fully saturated rings. The van der Waals surface area contributed by atoms with Crippen LogP contribution in [0.4, 0.5) is 0 Å². The zero-order chi connectivity index (χ0) is 17.8. The van der Waals surface area contributed by atoms with Gasteiger partial charge in [0.1, 0.15) is 0 Å². The Morgan fingerprint density at radius 3 is 2.88 bits per heavy atom. The standard InChI is InChI=1S/C18H23ClN4O2/c1-12(2)23(10-14-7-8-17(24)20-14)11-18-21-16(22-25-18)9-13-5-3-4-6-15(13)19/h3-6,12,14H,7-11H2,1-2H3,(H,20,24)/t14-/m1/s1. The quantitative estimate of drug-likeness (QED) is 0.820. The predicted octanol–water partition coefficient (Wildman–Crippen LogP) is 2.80. The van der Waals surface area contributed by atoms with Crippen molar-refractivity contribution in [3.05, 3.63) is 46.6 Å². The van der Waals surface area contributed by atoms with Crippen molar-refractivity contribution in [3.8, 4) is 0 Å². The molecule has 1 N–H and O–H groups in total. The van der Waals surface area contributed by atoms with Crippen molar-refractivity contribution in [2.45, 2.75) is 51.7 Å². The molecule has 0 spiro atoms. The molecule has 7 heteroatoms. The number of carbonyl (C=O) groups is 1. The highest BCUT2D eigenvalue weighted by atomic mass is 35.5. The molecule has 0 saturated carbocycles. The number of hydrogen-bond donors (Lipinski definition) is 1. The molecule has 0 bridgehead atoms. The first-order valence-electron chi connectivity index (χ1n) is 8.59. The van der Waals surface area contributed by atoms with E-state index >= 15 is 0 Å². The van der Waals surface area contributed by atoms with E-state index in [-0.39, 0.29) is 11.9 Å². The summed E-state index contributed by atoms with van der Waals surface area (Å²) in [5, 5.41) is 7.78. The molecule has 1 saturated heterocycles. The van der Waals surface area contributed by atoms with E-state index in [9.17, 15) is 4.79 Å². The summed E-state index contributed by atoms with van der Waals surface area (Å²) < 4.78 is 5.41. The van der Waals surface area contributed by atoms with Crippen molar-refractivity contribution >= 4 is 17.5 Å². The minimum Gasteiger partial charge on any atom is -0.352 e. The number of carbonyl (C=O) groups excluding carboxylic acids is 1. The minimum atomic E-state index is 0.133. The van der Waals surface area contributed by atoms with E-state index in [4.69, 9.17) is 16.1 Å². The van der Waals surface area contributed by atoms with E-state index in [2.05, 4.69) is 34.2 Å². The van der Waals surface area contributed by atoms with Gasteiger partial charge in [-0.05, 0) is 31.9 Å². The van der Waals surface area contributed by atoms with Crippen LogP contribution in [-0.4, -0.2) is 39.6 Å². The lowest BCUT2D eigenvalue weighted by molar-refractivity contribution is -0.119. The Morgan fingerprint density at radius 2 is 2.20 bits per heavy atom. The molecule has 1 aliphatic rings. The highest BCUT2D eigenvalue weighted by Crippen LogP contribution is 2.18. The van der Waals surface area contributed by atoms with Crippen LogP contribution in [0.2, 0.25) is 5.02 Å². The summed E-state index contributed by atoms with van der Waals surface area (Å²) in [6.07, 6.45) is 2.03. The Bertz CT molecular complexity index is 731. The third-order valence-corrected chi connectivity index (χ3v) is 4.79. The minimum absolute atomic E-state index is 0.133. The van der Waals surface area contributed by atoms with Crippen LogP contribution in [0.1, 0.15) is 44.0 Å². The van der Waals surface area contributed by atoms with Crippen LogP contribution < -0.4 is 5.32 Å². The number of benzene rings is 1. The summed E-state index contributed by atoms with van der Waals surface area (Å²) in [5.74, 6) is 1.34. The molecule has 6 nitrogen and oxygen atoms in total. The number of aromatic nitrogens is 2. The number of nitrogens with one attached hydrogen (secondary N) is 1. The topological polar surface area (TPSA) is 71.3 Å². The molecule has 2 heterocycles. The summed E-state index contributed by atoms with van der Waals surface area (Å²) in [4.78, 5) is 18.1. The average molecular weight is 363 g/mol. The first kappa shape index (κ1) is 17.9. The number of rotatable bonds is 7. The number of hydrogen-bond acceptors (Lipinski definition) is 5. The summed E-state index contributed by atoms with van der Waals surface area (Å²) in [6, 6.07) is 8.17. The molecule has 134 valence electrons. The maximum absolute atomic E-state index is 11.4. The summed E-state index contributed by atoms with van der Waals surface area (Å²) in [6.45, 7) is 5.60. The molecule has 0 radical (unpaired) electrons. The molecule has 25 heavy (non-hydrogen) atoms. The maximum Gasteiger partial charge on any atom is 0.240 e. The first-order valence-corrected chi connectivity index (χ1v) is 8.97. The van der Waals surface area contributed by atoms with E-state index in [1.54, 1.807) is 0 Å². The molecule has 0 unspecified atom stereocenters. The molecule has 1 aliphatic heterocycles. The highest BCUT2D eigenvalue weighted by Gasteiger charge is 2.25. The first-order chi connectivity index (χ1) is 12.0. The van der Waals surface area contributed by atoms with Gasteiger partial charge in [0.15, 0.2) is 5.82 Å². The zero-order valence-electron chi connectivity index (χ0n) is 14.5. The Kier molecular flexibility index (Phi) is 5.71. The molecule has 2 aromatic rings.